The first-order valence-electron chi connectivity index (χ1n) is 6.25. The average Bonchev–Trinajstić information content (AvgIpc) is 2.43. The number of hydrogen-bond acceptors (Lipinski definition) is 3. The third-order valence-electron chi connectivity index (χ3n) is 3.01. The van der Waals surface area contributed by atoms with Crippen molar-refractivity contribution >= 4 is 28.9 Å². The molecule has 0 fully saturated rings. The minimum absolute atomic E-state index is 0.0614. The molecule has 0 spiro atoms. The quantitative estimate of drug-likeness (QED) is 0.691. The number of anilines is 1. The first-order chi connectivity index (χ1) is 9.97. The van der Waals surface area contributed by atoms with Gasteiger partial charge in [-0.15, -0.1) is 0 Å². The Kier molecular flexibility index (Phi) is 4.55. The van der Waals surface area contributed by atoms with Gasteiger partial charge in [0.2, 0.25) is 5.91 Å². The Labute approximate surface area is 126 Å². The highest BCUT2D eigenvalue weighted by Gasteiger charge is 2.12. The van der Waals surface area contributed by atoms with Crippen molar-refractivity contribution in [2.75, 3.05) is 5.32 Å². The summed E-state index contributed by atoms with van der Waals surface area (Å²) in [6.07, 6.45) is 0.113. The molecule has 0 atom stereocenters. The lowest BCUT2D eigenvalue weighted by atomic mass is 10.1. The Morgan fingerprint density at radius 3 is 2.67 bits per heavy atom. The number of carbonyl (C=O) groups is 1. The molecule has 0 bridgehead atoms. The number of carbonyl (C=O) groups excluding carboxylic acids is 1. The molecule has 5 nitrogen and oxygen atoms in total. The van der Waals surface area contributed by atoms with E-state index in [-0.39, 0.29) is 18.0 Å². The predicted octanol–water partition coefficient (Wildman–Crippen LogP) is 3.74. The van der Waals surface area contributed by atoms with Crippen LogP contribution in [-0.2, 0) is 11.2 Å². The van der Waals surface area contributed by atoms with E-state index in [1.165, 1.54) is 12.1 Å². The Balaban J connectivity index is 2.15. The van der Waals surface area contributed by atoms with Crippen LogP contribution in [0.5, 0.6) is 0 Å². The maximum atomic E-state index is 12.0. The topological polar surface area (TPSA) is 72.2 Å². The lowest BCUT2D eigenvalue weighted by Crippen LogP contribution is -2.15. The average molecular weight is 305 g/mol. The molecule has 21 heavy (non-hydrogen) atoms. The van der Waals surface area contributed by atoms with Crippen LogP contribution in [0.1, 0.15) is 11.1 Å². The van der Waals surface area contributed by atoms with Gasteiger partial charge in [-0.25, -0.2) is 0 Å². The monoisotopic (exact) mass is 304 g/mol. The summed E-state index contributed by atoms with van der Waals surface area (Å²) in [5.41, 5.74) is 1.84. The maximum Gasteiger partial charge on any atom is 0.271 e. The highest BCUT2D eigenvalue weighted by atomic mass is 35.5. The molecule has 0 unspecified atom stereocenters. The third kappa shape index (κ3) is 3.79. The van der Waals surface area contributed by atoms with Crippen LogP contribution in [0.15, 0.2) is 42.5 Å². The van der Waals surface area contributed by atoms with Crippen LogP contribution in [0.2, 0.25) is 5.02 Å². The molecule has 0 aliphatic carbocycles. The van der Waals surface area contributed by atoms with E-state index in [2.05, 4.69) is 5.32 Å². The molecule has 1 N–H and O–H groups in total. The van der Waals surface area contributed by atoms with E-state index < -0.39 is 4.92 Å². The third-order valence-corrected chi connectivity index (χ3v) is 3.38. The van der Waals surface area contributed by atoms with Crippen LogP contribution < -0.4 is 5.32 Å². The summed E-state index contributed by atoms with van der Waals surface area (Å²) in [5.74, 6) is -0.272. The second-order valence-electron chi connectivity index (χ2n) is 4.57. The number of nitro benzene ring substituents is 1. The molecule has 0 aromatic heterocycles. The molecule has 0 aliphatic rings. The minimum atomic E-state index is -0.497. The first kappa shape index (κ1) is 15.0. The van der Waals surface area contributed by atoms with Crippen LogP contribution in [0.25, 0.3) is 0 Å². The number of halogens is 1. The van der Waals surface area contributed by atoms with Crippen molar-refractivity contribution < 1.29 is 9.72 Å². The van der Waals surface area contributed by atoms with Crippen molar-refractivity contribution in [3.05, 3.63) is 68.7 Å². The molecule has 0 radical (unpaired) electrons. The summed E-state index contributed by atoms with van der Waals surface area (Å²) in [7, 11) is 0. The molecular weight excluding hydrogens is 292 g/mol. The number of nitro groups is 1. The summed E-state index contributed by atoms with van der Waals surface area (Å²) in [4.78, 5) is 22.3. The van der Waals surface area contributed by atoms with Crippen LogP contribution in [0, 0.1) is 17.0 Å². The molecule has 0 saturated carbocycles. The van der Waals surface area contributed by atoms with E-state index >= 15 is 0 Å². The fourth-order valence-corrected chi connectivity index (χ4v) is 2.07. The molecule has 0 aliphatic heterocycles. The smallest absolute Gasteiger partial charge is 0.271 e. The normalized spacial score (nSPS) is 10.2. The van der Waals surface area contributed by atoms with Gasteiger partial charge in [0.25, 0.3) is 5.69 Å². The fraction of sp³-hybridized carbons (Fsp3) is 0.133. The second kappa shape index (κ2) is 6.37. The van der Waals surface area contributed by atoms with Crippen LogP contribution >= 0.6 is 11.6 Å². The summed E-state index contributed by atoms with van der Waals surface area (Å²) in [6, 6.07) is 11.4. The zero-order chi connectivity index (χ0) is 15.4. The van der Waals surface area contributed by atoms with Gasteiger partial charge in [-0.1, -0.05) is 35.9 Å². The maximum absolute atomic E-state index is 12.0. The van der Waals surface area contributed by atoms with Crippen molar-refractivity contribution in [1.29, 1.82) is 0 Å². The van der Waals surface area contributed by atoms with E-state index in [0.717, 1.165) is 5.56 Å². The number of aryl methyl sites for hydroxylation is 1. The van der Waals surface area contributed by atoms with E-state index in [4.69, 9.17) is 11.6 Å². The molecule has 2 rings (SSSR count). The van der Waals surface area contributed by atoms with E-state index in [1.54, 1.807) is 37.3 Å². The molecular formula is C15H13ClN2O3. The highest BCUT2D eigenvalue weighted by Crippen LogP contribution is 2.22. The van der Waals surface area contributed by atoms with Crippen molar-refractivity contribution in [2.24, 2.45) is 0 Å². The number of nitrogens with zero attached hydrogens (tertiary/aromatic N) is 1. The Hall–Kier alpha value is -2.40. The van der Waals surface area contributed by atoms with Gasteiger partial charge in [-0.2, -0.15) is 0 Å². The van der Waals surface area contributed by atoms with Crippen LogP contribution in [0.4, 0.5) is 11.4 Å². The molecule has 2 aromatic rings. The molecule has 108 valence electrons. The van der Waals surface area contributed by atoms with Crippen molar-refractivity contribution in [1.82, 2.24) is 0 Å². The molecule has 2 aromatic carbocycles. The van der Waals surface area contributed by atoms with E-state index in [0.29, 0.717) is 16.3 Å². The molecule has 0 saturated heterocycles. The number of hydrogen-bond donors (Lipinski definition) is 1. The Morgan fingerprint density at radius 2 is 2.00 bits per heavy atom. The van der Waals surface area contributed by atoms with Gasteiger partial charge in [0, 0.05) is 17.2 Å². The van der Waals surface area contributed by atoms with Crippen molar-refractivity contribution in [2.45, 2.75) is 13.3 Å². The van der Waals surface area contributed by atoms with Gasteiger partial charge in [0.15, 0.2) is 0 Å². The van der Waals surface area contributed by atoms with Gasteiger partial charge in [0.1, 0.15) is 0 Å². The standard InChI is InChI=1S/C15H13ClN2O3/c1-10-6-7-12(18(20)21)9-14(10)17-15(19)8-11-4-2-3-5-13(11)16/h2-7,9H,8H2,1H3,(H,17,19). The summed E-state index contributed by atoms with van der Waals surface area (Å²) in [5, 5.41) is 14.0. The number of rotatable bonds is 4. The zero-order valence-corrected chi connectivity index (χ0v) is 12.1. The SMILES string of the molecule is Cc1ccc([N+](=O)[O-])cc1NC(=O)Cc1ccccc1Cl. The largest absolute Gasteiger partial charge is 0.325 e. The van der Waals surface area contributed by atoms with Gasteiger partial charge in [-0.05, 0) is 24.1 Å². The minimum Gasteiger partial charge on any atom is -0.325 e. The van der Waals surface area contributed by atoms with Crippen molar-refractivity contribution in [3.8, 4) is 0 Å². The lowest BCUT2D eigenvalue weighted by molar-refractivity contribution is -0.384. The number of non-ortho nitro benzene ring substituents is 1. The number of benzene rings is 2. The van der Waals surface area contributed by atoms with Gasteiger partial charge in [0.05, 0.1) is 17.0 Å². The van der Waals surface area contributed by atoms with Crippen molar-refractivity contribution in [3.63, 3.8) is 0 Å². The fourth-order valence-electron chi connectivity index (χ4n) is 1.87. The van der Waals surface area contributed by atoms with Crippen LogP contribution in [-0.4, -0.2) is 10.8 Å². The zero-order valence-electron chi connectivity index (χ0n) is 11.3. The second-order valence-corrected chi connectivity index (χ2v) is 4.98. The van der Waals surface area contributed by atoms with Gasteiger partial charge >= 0.3 is 0 Å². The summed E-state index contributed by atoms with van der Waals surface area (Å²) < 4.78 is 0. The summed E-state index contributed by atoms with van der Waals surface area (Å²) >= 11 is 6.00. The molecule has 0 heterocycles. The predicted molar refractivity (Wildman–Crippen MR) is 81.6 cm³/mol. The van der Waals surface area contributed by atoms with E-state index in [1.807, 2.05) is 0 Å². The Morgan fingerprint density at radius 1 is 1.29 bits per heavy atom. The first-order valence-corrected chi connectivity index (χ1v) is 6.63. The Bertz CT molecular complexity index is 701. The molecule has 1 amide bonds. The van der Waals surface area contributed by atoms with Gasteiger partial charge < -0.3 is 5.32 Å². The highest BCUT2D eigenvalue weighted by molar-refractivity contribution is 6.31. The number of nitrogens with one attached hydrogen (secondary N) is 1. The van der Waals surface area contributed by atoms with Crippen LogP contribution in [0.3, 0.4) is 0 Å². The summed E-state index contributed by atoms with van der Waals surface area (Å²) in [6.45, 7) is 1.77. The van der Waals surface area contributed by atoms with Gasteiger partial charge in [-0.3, -0.25) is 14.9 Å². The lowest BCUT2D eigenvalue weighted by Gasteiger charge is -2.09. The van der Waals surface area contributed by atoms with E-state index in [9.17, 15) is 14.9 Å². The molecule has 6 heteroatoms. The number of amides is 1.